The molecule has 114 valence electrons. The van der Waals surface area contributed by atoms with Crippen molar-refractivity contribution in [1.29, 1.82) is 0 Å². The van der Waals surface area contributed by atoms with Crippen molar-refractivity contribution < 1.29 is 5.11 Å². The molecule has 0 radical (unpaired) electrons. The van der Waals surface area contributed by atoms with Gasteiger partial charge in [-0.3, -0.25) is 0 Å². The Morgan fingerprint density at radius 3 is 2.48 bits per heavy atom. The number of unbranched alkanes of at least 4 members (excludes halogenated alkanes) is 2. The Hall–Kier alpha value is -1.77. The molecule has 0 spiro atoms. The van der Waals surface area contributed by atoms with Crippen LogP contribution in [0.4, 0.5) is 0 Å². The normalized spacial score (nSPS) is 11.0. The minimum Gasteiger partial charge on any atom is -0.504 e. The maximum Gasteiger partial charge on any atom is 0.160 e. The van der Waals surface area contributed by atoms with Gasteiger partial charge in [-0.05, 0) is 50.3 Å². The van der Waals surface area contributed by atoms with Crippen LogP contribution in [0.15, 0.2) is 24.3 Å². The van der Waals surface area contributed by atoms with E-state index in [0.29, 0.717) is 5.75 Å². The zero-order valence-corrected chi connectivity index (χ0v) is 13.4. The molecule has 0 saturated carbocycles. The fourth-order valence-electron chi connectivity index (χ4n) is 2.55. The van der Waals surface area contributed by atoms with E-state index >= 15 is 0 Å². The monoisotopic (exact) mass is 286 g/mol. The first kappa shape index (κ1) is 15.6. The summed E-state index contributed by atoms with van der Waals surface area (Å²) in [5.41, 5.74) is 4.04. The van der Waals surface area contributed by atoms with Gasteiger partial charge in [0.05, 0.1) is 11.4 Å². The van der Waals surface area contributed by atoms with Crippen molar-refractivity contribution in [2.24, 2.45) is 0 Å². The van der Waals surface area contributed by atoms with E-state index in [0.717, 1.165) is 55.6 Å². The predicted octanol–water partition coefficient (Wildman–Crippen LogP) is 4.57. The Bertz CT molecular complexity index is 587. The van der Waals surface area contributed by atoms with Crippen LogP contribution in [-0.4, -0.2) is 14.9 Å². The number of hydrogen-bond donors (Lipinski definition) is 1. The highest BCUT2D eigenvalue weighted by molar-refractivity contribution is 5.42. The van der Waals surface area contributed by atoms with Gasteiger partial charge in [-0.25, -0.2) is 4.68 Å². The Kier molecular flexibility index (Phi) is 5.43. The SMILES string of the molecule is CCCCc1nn(-c2cccc(C)c2)c(CCCC)c1O. The molecule has 3 heteroatoms. The van der Waals surface area contributed by atoms with Crippen molar-refractivity contribution in [3.63, 3.8) is 0 Å². The van der Waals surface area contributed by atoms with Gasteiger partial charge < -0.3 is 5.11 Å². The second kappa shape index (κ2) is 7.30. The van der Waals surface area contributed by atoms with Crippen LogP contribution in [0, 0.1) is 6.92 Å². The molecule has 21 heavy (non-hydrogen) atoms. The highest BCUT2D eigenvalue weighted by Crippen LogP contribution is 2.28. The molecule has 1 N–H and O–H groups in total. The van der Waals surface area contributed by atoms with E-state index in [1.54, 1.807) is 0 Å². The highest BCUT2D eigenvalue weighted by Gasteiger charge is 2.17. The molecule has 2 aromatic rings. The molecular weight excluding hydrogens is 260 g/mol. The number of rotatable bonds is 7. The van der Waals surface area contributed by atoms with Gasteiger partial charge >= 0.3 is 0 Å². The van der Waals surface area contributed by atoms with Crippen LogP contribution in [0.2, 0.25) is 0 Å². The first-order valence-corrected chi connectivity index (χ1v) is 8.04. The van der Waals surface area contributed by atoms with E-state index in [1.165, 1.54) is 5.56 Å². The largest absolute Gasteiger partial charge is 0.504 e. The molecule has 0 saturated heterocycles. The van der Waals surface area contributed by atoms with Gasteiger partial charge in [-0.1, -0.05) is 38.8 Å². The molecule has 0 unspecified atom stereocenters. The number of benzene rings is 1. The topological polar surface area (TPSA) is 38.0 Å². The predicted molar refractivity (Wildman–Crippen MR) is 87.2 cm³/mol. The first-order valence-electron chi connectivity index (χ1n) is 8.04. The van der Waals surface area contributed by atoms with E-state index in [9.17, 15) is 5.11 Å². The van der Waals surface area contributed by atoms with E-state index in [-0.39, 0.29) is 0 Å². The molecule has 0 aliphatic rings. The molecule has 2 rings (SSSR count). The van der Waals surface area contributed by atoms with Crippen LogP contribution >= 0.6 is 0 Å². The number of aromatic nitrogens is 2. The fraction of sp³-hybridized carbons (Fsp3) is 0.500. The average molecular weight is 286 g/mol. The van der Waals surface area contributed by atoms with E-state index in [2.05, 4.69) is 44.1 Å². The molecule has 1 heterocycles. The Balaban J connectivity index is 2.41. The summed E-state index contributed by atoms with van der Waals surface area (Å²) in [5, 5.41) is 15.2. The lowest BCUT2D eigenvalue weighted by atomic mass is 10.1. The standard InChI is InChI=1S/C18H26N2O/c1-4-6-11-16-18(21)17(12-7-5-2)20(19-16)15-10-8-9-14(3)13-15/h8-10,13,21H,4-7,11-12H2,1-3H3. The summed E-state index contributed by atoms with van der Waals surface area (Å²) in [5.74, 6) is 0.401. The quantitative estimate of drug-likeness (QED) is 0.809. The maximum atomic E-state index is 10.5. The van der Waals surface area contributed by atoms with Crippen molar-refractivity contribution in [3.8, 4) is 11.4 Å². The minimum atomic E-state index is 0.401. The summed E-state index contributed by atoms with van der Waals surface area (Å²) in [6.45, 7) is 6.41. The van der Waals surface area contributed by atoms with Crippen LogP contribution < -0.4 is 0 Å². The summed E-state index contributed by atoms with van der Waals surface area (Å²) in [7, 11) is 0. The van der Waals surface area contributed by atoms with Gasteiger partial charge in [0, 0.05) is 0 Å². The molecule has 0 aliphatic heterocycles. The molecule has 0 amide bonds. The summed E-state index contributed by atoms with van der Waals surface area (Å²) >= 11 is 0. The molecular formula is C18H26N2O. The van der Waals surface area contributed by atoms with Gasteiger partial charge in [0.1, 0.15) is 5.69 Å². The second-order valence-electron chi connectivity index (χ2n) is 5.70. The van der Waals surface area contributed by atoms with Crippen LogP contribution in [0.1, 0.15) is 56.5 Å². The first-order chi connectivity index (χ1) is 10.2. The lowest BCUT2D eigenvalue weighted by Crippen LogP contribution is -2.03. The van der Waals surface area contributed by atoms with E-state index in [4.69, 9.17) is 0 Å². The summed E-state index contributed by atoms with van der Waals surface area (Å²) < 4.78 is 1.93. The Morgan fingerprint density at radius 2 is 1.81 bits per heavy atom. The van der Waals surface area contributed by atoms with Gasteiger partial charge in [0.25, 0.3) is 0 Å². The summed E-state index contributed by atoms with van der Waals surface area (Å²) in [6.07, 6.45) is 6.07. The third-order valence-corrected chi connectivity index (χ3v) is 3.80. The number of nitrogens with zero attached hydrogens (tertiary/aromatic N) is 2. The van der Waals surface area contributed by atoms with Crippen molar-refractivity contribution in [2.75, 3.05) is 0 Å². The molecule has 0 aliphatic carbocycles. The smallest absolute Gasteiger partial charge is 0.160 e. The molecule has 1 aromatic carbocycles. The molecule has 0 fully saturated rings. The van der Waals surface area contributed by atoms with Crippen molar-refractivity contribution in [1.82, 2.24) is 9.78 Å². The fourth-order valence-corrected chi connectivity index (χ4v) is 2.55. The number of hydrogen-bond acceptors (Lipinski definition) is 2. The molecule has 0 atom stereocenters. The Labute approximate surface area is 127 Å². The zero-order chi connectivity index (χ0) is 15.2. The number of aryl methyl sites for hydroxylation is 2. The van der Waals surface area contributed by atoms with Crippen molar-refractivity contribution in [3.05, 3.63) is 41.2 Å². The van der Waals surface area contributed by atoms with Crippen molar-refractivity contribution >= 4 is 0 Å². The van der Waals surface area contributed by atoms with Crippen molar-refractivity contribution in [2.45, 2.75) is 59.3 Å². The van der Waals surface area contributed by atoms with Gasteiger partial charge in [-0.15, -0.1) is 0 Å². The Morgan fingerprint density at radius 1 is 1.10 bits per heavy atom. The van der Waals surface area contributed by atoms with Gasteiger partial charge in [-0.2, -0.15) is 5.10 Å². The van der Waals surface area contributed by atoms with Crippen LogP contribution in [0.3, 0.4) is 0 Å². The van der Waals surface area contributed by atoms with E-state index in [1.807, 2.05) is 10.7 Å². The van der Waals surface area contributed by atoms with Crippen LogP contribution in [-0.2, 0) is 12.8 Å². The van der Waals surface area contributed by atoms with Gasteiger partial charge in [0.15, 0.2) is 5.75 Å². The lowest BCUT2D eigenvalue weighted by molar-refractivity contribution is 0.458. The summed E-state index contributed by atoms with van der Waals surface area (Å²) in [4.78, 5) is 0. The molecule has 3 nitrogen and oxygen atoms in total. The lowest BCUT2D eigenvalue weighted by Gasteiger charge is -2.08. The zero-order valence-electron chi connectivity index (χ0n) is 13.4. The number of aromatic hydroxyl groups is 1. The average Bonchev–Trinajstić information content (AvgIpc) is 2.79. The minimum absolute atomic E-state index is 0.401. The second-order valence-corrected chi connectivity index (χ2v) is 5.70. The van der Waals surface area contributed by atoms with Crippen LogP contribution in [0.25, 0.3) is 5.69 Å². The maximum absolute atomic E-state index is 10.5. The van der Waals surface area contributed by atoms with Gasteiger partial charge in [0.2, 0.25) is 0 Å². The molecule has 1 aromatic heterocycles. The third kappa shape index (κ3) is 3.66. The molecule has 0 bridgehead atoms. The van der Waals surface area contributed by atoms with E-state index < -0.39 is 0 Å². The van der Waals surface area contributed by atoms with Crippen LogP contribution in [0.5, 0.6) is 5.75 Å². The summed E-state index contributed by atoms with van der Waals surface area (Å²) in [6, 6.07) is 8.29. The highest BCUT2D eigenvalue weighted by atomic mass is 16.3. The third-order valence-electron chi connectivity index (χ3n) is 3.80.